The van der Waals surface area contributed by atoms with Crippen molar-refractivity contribution < 1.29 is 27.2 Å². The molecule has 2 amide bonds. The summed E-state index contributed by atoms with van der Waals surface area (Å²) in [7, 11) is 0. The number of carbonyl (C=O) groups is 2. The molecular weight excluding hydrogens is 441 g/mol. The number of anilines is 2. The Morgan fingerprint density at radius 2 is 1.68 bits per heavy atom. The molecule has 3 rings (SSSR count). The quantitative estimate of drug-likeness (QED) is 0.543. The molecule has 144 valence electrons. The van der Waals surface area contributed by atoms with Crippen LogP contribution in [0.5, 0.6) is 0 Å². The van der Waals surface area contributed by atoms with Gasteiger partial charge in [0.15, 0.2) is 5.76 Å². The Balaban J connectivity index is 1.88. The number of alkyl halides is 3. The van der Waals surface area contributed by atoms with E-state index in [4.69, 9.17) is 4.42 Å². The maximum Gasteiger partial charge on any atom is 0.418 e. The summed E-state index contributed by atoms with van der Waals surface area (Å²) in [6, 6.07) is 12.3. The largest absolute Gasteiger partial charge is 0.459 e. The van der Waals surface area contributed by atoms with Crippen molar-refractivity contribution in [3.05, 3.63) is 82.2 Å². The van der Waals surface area contributed by atoms with Gasteiger partial charge in [-0.3, -0.25) is 9.59 Å². The van der Waals surface area contributed by atoms with E-state index in [9.17, 15) is 22.8 Å². The van der Waals surface area contributed by atoms with Crippen molar-refractivity contribution in [3.8, 4) is 0 Å². The van der Waals surface area contributed by atoms with Crippen LogP contribution in [0, 0.1) is 0 Å². The van der Waals surface area contributed by atoms with Crippen LogP contribution in [0.15, 0.2) is 69.8 Å². The average Bonchev–Trinajstić information content (AvgIpc) is 3.17. The fourth-order valence-electron chi connectivity index (χ4n) is 2.40. The Morgan fingerprint density at radius 1 is 0.929 bits per heavy atom. The standard InChI is InChI=1S/C19H12BrF3N2O3/c20-14-5-2-1-4-12(14)17(26)25-15-8-7-11(10-13(15)19(21,22)23)24-18(27)16-6-3-9-28-16/h1-10H,(H,24,27)(H,25,26). The number of hydrogen-bond donors (Lipinski definition) is 2. The van der Waals surface area contributed by atoms with Gasteiger partial charge in [-0.25, -0.2) is 0 Å². The molecule has 28 heavy (non-hydrogen) atoms. The molecule has 0 aliphatic rings. The third-order valence-electron chi connectivity index (χ3n) is 3.69. The van der Waals surface area contributed by atoms with Crippen LogP contribution in [-0.2, 0) is 6.18 Å². The van der Waals surface area contributed by atoms with Crippen molar-refractivity contribution in [2.24, 2.45) is 0 Å². The van der Waals surface area contributed by atoms with Crippen LogP contribution in [0.25, 0.3) is 0 Å². The number of halogens is 4. The number of hydrogen-bond acceptors (Lipinski definition) is 3. The third-order valence-corrected chi connectivity index (χ3v) is 4.39. The Bertz CT molecular complexity index is 1020. The van der Waals surface area contributed by atoms with Crippen LogP contribution in [0.2, 0.25) is 0 Å². The normalized spacial score (nSPS) is 11.1. The number of amides is 2. The molecule has 0 aliphatic heterocycles. The van der Waals surface area contributed by atoms with E-state index in [-0.39, 0.29) is 17.0 Å². The van der Waals surface area contributed by atoms with E-state index in [1.54, 1.807) is 18.2 Å². The molecule has 0 spiro atoms. The van der Waals surface area contributed by atoms with Crippen LogP contribution in [0.4, 0.5) is 24.5 Å². The highest BCUT2D eigenvalue weighted by Gasteiger charge is 2.34. The van der Waals surface area contributed by atoms with Gasteiger partial charge in [0.2, 0.25) is 0 Å². The topological polar surface area (TPSA) is 71.3 Å². The second kappa shape index (κ2) is 7.89. The Hall–Kier alpha value is -3.07. The van der Waals surface area contributed by atoms with Gasteiger partial charge in [0, 0.05) is 10.2 Å². The Kier molecular flexibility index (Phi) is 5.55. The monoisotopic (exact) mass is 452 g/mol. The van der Waals surface area contributed by atoms with E-state index in [1.807, 2.05) is 0 Å². The van der Waals surface area contributed by atoms with Crippen LogP contribution < -0.4 is 10.6 Å². The first-order chi connectivity index (χ1) is 13.3. The van der Waals surface area contributed by atoms with Crippen LogP contribution in [0.1, 0.15) is 26.5 Å². The number of carbonyl (C=O) groups excluding carboxylic acids is 2. The lowest BCUT2D eigenvalue weighted by Crippen LogP contribution is -2.18. The van der Waals surface area contributed by atoms with Gasteiger partial charge >= 0.3 is 6.18 Å². The summed E-state index contributed by atoms with van der Waals surface area (Å²) >= 11 is 3.19. The van der Waals surface area contributed by atoms with Gasteiger partial charge in [0.25, 0.3) is 11.8 Å². The fraction of sp³-hybridized carbons (Fsp3) is 0.0526. The molecule has 1 aromatic heterocycles. The lowest BCUT2D eigenvalue weighted by atomic mass is 10.1. The maximum absolute atomic E-state index is 13.5. The molecule has 0 fully saturated rings. The number of benzene rings is 2. The molecule has 0 atom stereocenters. The first-order valence-electron chi connectivity index (χ1n) is 7.87. The highest BCUT2D eigenvalue weighted by molar-refractivity contribution is 9.10. The van der Waals surface area contributed by atoms with Crippen molar-refractivity contribution in [1.82, 2.24) is 0 Å². The fourth-order valence-corrected chi connectivity index (χ4v) is 2.87. The molecule has 5 nitrogen and oxygen atoms in total. The van der Waals surface area contributed by atoms with E-state index in [0.29, 0.717) is 4.47 Å². The van der Waals surface area contributed by atoms with E-state index in [2.05, 4.69) is 26.6 Å². The number of furan rings is 1. The van der Waals surface area contributed by atoms with Gasteiger partial charge in [0.1, 0.15) is 0 Å². The summed E-state index contributed by atoms with van der Waals surface area (Å²) < 4.78 is 45.8. The third kappa shape index (κ3) is 4.42. The summed E-state index contributed by atoms with van der Waals surface area (Å²) in [5, 5.41) is 4.59. The van der Waals surface area contributed by atoms with Crippen molar-refractivity contribution in [2.45, 2.75) is 6.18 Å². The molecule has 0 radical (unpaired) electrons. The Morgan fingerprint density at radius 3 is 2.32 bits per heavy atom. The zero-order chi connectivity index (χ0) is 20.3. The molecule has 9 heteroatoms. The predicted molar refractivity (Wildman–Crippen MR) is 100 cm³/mol. The van der Waals surface area contributed by atoms with E-state index in [1.165, 1.54) is 30.5 Å². The Labute approximate surface area is 165 Å². The van der Waals surface area contributed by atoms with Gasteiger partial charge in [-0.1, -0.05) is 12.1 Å². The van der Waals surface area contributed by atoms with Crippen LogP contribution in [0.3, 0.4) is 0 Å². The van der Waals surface area contributed by atoms with E-state index in [0.717, 1.165) is 12.1 Å². The first kappa shape index (κ1) is 19.7. The second-order valence-corrected chi connectivity index (χ2v) is 6.48. The molecule has 0 aliphatic carbocycles. The SMILES string of the molecule is O=C(Nc1ccc(NC(=O)c2ccccc2Br)c(C(F)(F)F)c1)c1ccco1. The minimum absolute atomic E-state index is 0.0418. The molecule has 3 aromatic rings. The predicted octanol–water partition coefficient (Wildman–Crippen LogP) is 5.57. The summed E-state index contributed by atoms with van der Waals surface area (Å²) in [6.45, 7) is 0. The molecular formula is C19H12BrF3N2O3. The van der Waals surface area contributed by atoms with Crippen molar-refractivity contribution in [1.29, 1.82) is 0 Å². The summed E-state index contributed by atoms with van der Waals surface area (Å²) in [5.74, 6) is -1.44. The molecule has 0 saturated heterocycles. The molecule has 1 heterocycles. The first-order valence-corrected chi connectivity index (χ1v) is 8.67. The number of rotatable bonds is 4. The lowest BCUT2D eigenvalue weighted by molar-refractivity contribution is -0.136. The smallest absolute Gasteiger partial charge is 0.418 e. The minimum Gasteiger partial charge on any atom is -0.459 e. The summed E-state index contributed by atoms with van der Waals surface area (Å²) in [6.07, 6.45) is -3.47. The van der Waals surface area contributed by atoms with Gasteiger partial charge < -0.3 is 15.1 Å². The average molecular weight is 453 g/mol. The van der Waals surface area contributed by atoms with Crippen molar-refractivity contribution in [3.63, 3.8) is 0 Å². The highest BCUT2D eigenvalue weighted by Crippen LogP contribution is 2.37. The zero-order valence-corrected chi connectivity index (χ0v) is 15.6. The van der Waals surface area contributed by atoms with Gasteiger partial charge in [-0.05, 0) is 58.4 Å². The van der Waals surface area contributed by atoms with E-state index >= 15 is 0 Å². The summed E-state index contributed by atoms with van der Waals surface area (Å²) in [5.41, 5.74) is -1.42. The lowest BCUT2D eigenvalue weighted by Gasteiger charge is -2.16. The molecule has 2 aromatic carbocycles. The van der Waals surface area contributed by atoms with Crippen LogP contribution >= 0.6 is 15.9 Å². The molecule has 0 bridgehead atoms. The van der Waals surface area contributed by atoms with Gasteiger partial charge in [-0.2, -0.15) is 13.2 Å². The molecule has 2 N–H and O–H groups in total. The molecule has 0 saturated carbocycles. The number of nitrogens with one attached hydrogen (secondary N) is 2. The molecule has 0 unspecified atom stereocenters. The highest BCUT2D eigenvalue weighted by atomic mass is 79.9. The van der Waals surface area contributed by atoms with Crippen molar-refractivity contribution >= 4 is 39.1 Å². The maximum atomic E-state index is 13.5. The minimum atomic E-state index is -4.75. The second-order valence-electron chi connectivity index (χ2n) is 5.62. The van der Waals surface area contributed by atoms with E-state index < -0.39 is 29.2 Å². The summed E-state index contributed by atoms with van der Waals surface area (Å²) in [4.78, 5) is 24.3. The van der Waals surface area contributed by atoms with Crippen molar-refractivity contribution in [2.75, 3.05) is 10.6 Å². The van der Waals surface area contributed by atoms with Gasteiger partial charge in [-0.15, -0.1) is 0 Å². The van der Waals surface area contributed by atoms with Gasteiger partial charge in [0.05, 0.1) is 23.1 Å². The van der Waals surface area contributed by atoms with Crippen LogP contribution in [-0.4, -0.2) is 11.8 Å². The zero-order valence-electron chi connectivity index (χ0n) is 14.0.